The van der Waals surface area contributed by atoms with Gasteiger partial charge in [0.1, 0.15) is 11.4 Å². The first kappa shape index (κ1) is 22.1. The van der Waals surface area contributed by atoms with Gasteiger partial charge in [0.2, 0.25) is 0 Å². The van der Waals surface area contributed by atoms with E-state index in [2.05, 4.69) is 34.1 Å². The minimum Gasteiger partial charge on any atom is -0.444 e. The fourth-order valence-corrected chi connectivity index (χ4v) is 5.58. The maximum atomic E-state index is 12.5. The lowest BCUT2D eigenvalue weighted by atomic mass is 9.95. The molecule has 3 fully saturated rings. The van der Waals surface area contributed by atoms with Gasteiger partial charge in [-0.3, -0.25) is 4.98 Å². The Hall–Kier alpha value is -3.42. The lowest BCUT2D eigenvalue weighted by molar-refractivity contribution is 0.0282. The second kappa shape index (κ2) is 8.36. The van der Waals surface area contributed by atoms with Crippen LogP contribution >= 0.6 is 0 Å². The number of anilines is 2. The maximum absolute atomic E-state index is 12.5. The van der Waals surface area contributed by atoms with Gasteiger partial charge in [0.25, 0.3) is 0 Å². The zero-order valence-electron chi connectivity index (χ0n) is 20.6. The van der Waals surface area contributed by atoms with Gasteiger partial charge in [-0.2, -0.15) is 0 Å². The first-order valence-electron chi connectivity index (χ1n) is 12.5. The van der Waals surface area contributed by atoms with Crippen molar-refractivity contribution in [3.8, 4) is 0 Å². The zero-order chi connectivity index (χ0) is 24.2. The number of fused-ring (bicyclic) bond motifs is 2. The molecule has 35 heavy (non-hydrogen) atoms. The van der Waals surface area contributed by atoms with Crippen molar-refractivity contribution in [3.05, 3.63) is 54.5 Å². The monoisotopic (exact) mass is 472 g/mol. The highest BCUT2D eigenvalue weighted by Crippen LogP contribution is 2.38. The predicted octanol–water partition coefficient (Wildman–Crippen LogP) is 3.93. The van der Waals surface area contributed by atoms with E-state index in [9.17, 15) is 4.79 Å². The highest BCUT2D eigenvalue weighted by Gasteiger charge is 2.44. The Kier molecular flexibility index (Phi) is 5.27. The van der Waals surface area contributed by atoms with Crippen molar-refractivity contribution in [2.75, 3.05) is 49.1 Å². The molecule has 182 valence electrons. The second-order valence-corrected chi connectivity index (χ2v) is 11.0. The Morgan fingerprint density at radius 3 is 2.34 bits per heavy atom. The molecule has 3 aliphatic heterocycles. The van der Waals surface area contributed by atoms with Crippen LogP contribution in [0.2, 0.25) is 0 Å². The summed E-state index contributed by atoms with van der Waals surface area (Å²) in [5.41, 5.74) is 1.64. The Labute approximate surface area is 205 Å². The summed E-state index contributed by atoms with van der Waals surface area (Å²) in [5, 5.41) is 1.16. The molecule has 1 amide bonds. The molecule has 8 heteroatoms. The van der Waals surface area contributed by atoms with Crippen molar-refractivity contribution in [1.29, 1.82) is 0 Å². The van der Waals surface area contributed by atoms with Crippen LogP contribution in [0.4, 0.5) is 16.4 Å². The summed E-state index contributed by atoms with van der Waals surface area (Å²) < 4.78 is 5.58. The SMILES string of the molecule is CC(C)(C)OC(=O)N1C[C@@H]2CN(c3nccnc3C3CN(c4ccc5ccccc5n4)C3)C[C@@H]2C1. The number of ether oxygens (including phenoxy) is 1. The van der Waals surface area contributed by atoms with E-state index < -0.39 is 5.60 Å². The first-order valence-corrected chi connectivity index (χ1v) is 12.5. The highest BCUT2D eigenvalue weighted by atomic mass is 16.6. The van der Waals surface area contributed by atoms with Crippen molar-refractivity contribution in [2.24, 2.45) is 11.8 Å². The average molecular weight is 473 g/mol. The van der Waals surface area contributed by atoms with E-state index in [1.807, 2.05) is 37.8 Å². The molecule has 0 unspecified atom stereocenters. The van der Waals surface area contributed by atoms with Crippen LogP contribution in [0.1, 0.15) is 32.4 Å². The lowest BCUT2D eigenvalue weighted by Gasteiger charge is -2.40. The van der Waals surface area contributed by atoms with Gasteiger partial charge in [-0.25, -0.2) is 14.8 Å². The molecule has 2 atom stereocenters. The van der Waals surface area contributed by atoms with Gasteiger partial charge in [0, 0.05) is 74.8 Å². The Bertz CT molecular complexity index is 1240. The zero-order valence-corrected chi connectivity index (χ0v) is 20.6. The quantitative estimate of drug-likeness (QED) is 0.572. The van der Waals surface area contributed by atoms with E-state index in [1.54, 1.807) is 12.4 Å². The normalized spacial score (nSPS) is 22.4. The smallest absolute Gasteiger partial charge is 0.410 e. The molecule has 2 aromatic heterocycles. The summed E-state index contributed by atoms with van der Waals surface area (Å²) in [4.78, 5) is 33.4. The molecule has 0 bridgehead atoms. The molecule has 0 radical (unpaired) electrons. The van der Waals surface area contributed by atoms with E-state index in [0.717, 1.165) is 67.5 Å². The molecule has 0 spiro atoms. The van der Waals surface area contributed by atoms with Crippen LogP contribution in [0, 0.1) is 11.8 Å². The van der Waals surface area contributed by atoms with Crippen LogP contribution < -0.4 is 9.80 Å². The summed E-state index contributed by atoms with van der Waals surface area (Å²) in [6, 6.07) is 12.5. The van der Waals surface area contributed by atoms with Gasteiger partial charge >= 0.3 is 6.09 Å². The van der Waals surface area contributed by atoms with Gasteiger partial charge in [-0.1, -0.05) is 18.2 Å². The van der Waals surface area contributed by atoms with Crippen LogP contribution in [0.15, 0.2) is 48.8 Å². The van der Waals surface area contributed by atoms with Crippen molar-refractivity contribution in [1.82, 2.24) is 19.9 Å². The van der Waals surface area contributed by atoms with E-state index in [-0.39, 0.29) is 6.09 Å². The van der Waals surface area contributed by atoms with Crippen LogP contribution in [-0.4, -0.2) is 70.8 Å². The summed E-state index contributed by atoms with van der Waals surface area (Å²) in [7, 11) is 0. The molecule has 3 aliphatic rings. The largest absolute Gasteiger partial charge is 0.444 e. The summed E-state index contributed by atoms with van der Waals surface area (Å²) in [6.45, 7) is 10.8. The molecule has 6 rings (SSSR count). The third-order valence-electron chi connectivity index (χ3n) is 7.32. The molecule has 1 aromatic carbocycles. The van der Waals surface area contributed by atoms with E-state index >= 15 is 0 Å². The van der Waals surface area contributed by atoms with Crippen molar-refractivity contribution < 1.29 is 9.53 Å². The number of carbonyl (C=O) groups is 1. The van der Waals surface area contributed by atoms with Crippen LogP contribution in [0.3, 0.4) is 0 Å². The number of carbonyl (C=O) groups excluding carboxylic acids is 1. The third kappa shape index (κ3) is 4.26. The van der Waals surface area contributed by atoms with Crippen molar-refractivity contribution in [2.45, 2.75) is 32.3 Å². The van der Waals surface area contributed by atoms with Gasteiger partial charge < -0.3 is 19.4 Å². The van der Waals surface area contributed by atoms with Crippen molar-refractivity contribution in [3.63, 3.8) is 0 Å². The van der Waals surface area contributed by atoms with Crippen LogP contribution in [-0.2, 0) is 4.74 Å². The number of rotatable bonds is 3. The first-order chi connectivity index (χ1) is 16.8. The topological polar surface area (TPSA) is 74.7 Å². The maximum Gasteiger partial charge on any atom is 0.410 e. The van der Waals surface area contributed by atoms with E-state index in [0.29, 0.717) is 17.8 Å². The molecule has 5 heterocycles. The van der Waals surface area contributed by atoms with E-state index in [1.165, 1.54) is 0 Å². The van der Waals surface area contributed by atoms with Gasteiger partial charge in [0.05, 0.1) is 11.2 Å². The number of amides is 1. The molecular weight excluding hydrogens is 440 g/mol. The van der Waals surface area contributed by atoms with Crippen molar-refractivity contribution >= 4 is 28.6 Å². The number of benzene rings is 1. The number of pyridine rings is 1. The fraction of sp³-hybridized carbons (Fsp3) is 0.481. The van der Waals surface area contributed by atoms with E-state index in [4.69, 9.17) is 19.7 Å². The molecule has 0 saturated carbocycles. The summed E-state index contributed by atoms with van der Waals surface area (Å²) in [6.07, 6.45) is 3.40. The third-order valence-corrected chi connectivity index (χ3v) is 7.32. The number of hydrogen-bond donors (Lipinski definition) is 0. The lowest BCUT2D eigenvalue weighted by Crippen LogP contribution is -2.46. The number of para-hydroxylation sites is 1. The Balaban J connectivity index is 1.11. The standard InChI is InChI=1S/C27H32N6O2/c1-27(2,3)35-26(34)33-14-19-12-32(13-20(19)15-33)25-24(28-10-11-29-25)21-16-31(17-21)23-9-8-18-6-4-5-7-22(18)30-23/h4-11,19-21H,12-17H2,1-3H3/t19-,20+. The van der Waals surface area contributed by atoms with Gasteiger partial charge in [-0.15, -0.1) is 0 Å². The van der Waals surface area contributed by atoms with Gasteiger partial charge in [0.15, 0.2) is 5.82 Å². The van der Waals surface area contributed by atoms with Crippen LogP contribution in [0.25, 0.3) is 10.9 Å². The Morgan fingerprint density at radius 2 is 1.60 bits per heavy atom. The summed E-state index contributed by atoms with van der Waals surface area (Å²) in [5.74, 6) is 3.24. The minimum atomic E-state index is -0.464. The molecule has 0 aliphatic carbocycles. The molecule has 0 N–H and O–H groups in total. The second-order valence-electron chi connectivity index (χ2n) is 11.0. The van der Waals surface area contributed by atoms with Crippen LogP contribution in [0.5, 0.6) is 0 Å². The minimum absolute atomic E-state index is 0.199. The van der Waals surface area contributed by atoms with Gasteiger partial charge in [-0.05, 0) is 39.0 Å². The fourth-order valence-electron chi connectivity index (χ4n) is 5.58. The molecular formula is C27H32N6O2. The number of aromatic nitrogens is 3. The number of hydrogen-bond acceptors (Lipinski definition) is 7. The molecule has 3 saturated heterocycles. The molecule has 8 nitrogen and oxygen atoms in total. The predicted molar refractivity (Wildman–Crippen MR) is 136 cm³/mol. The highest BCUT2D eigenvalue weighted by molar-refractivity contribution is 5.80. The Morgan fingerprint density at radius 1 is 0.886 bits per heavy atom. The number of likely N-dealkylation sites (tertiary alicyclic amines) is 1. The number of nitrogens with zero attached hydrogens (tertiary/aromatic N) is 6. The molecule has 3 aromatic rings. The average Bonchev–Trinajstić information content (AvgIpc) is 3.37. The summed E-state index contributed by atoms with van der Waals surface area (Å²) >= 11 is 0.